The smallest absolute Gasteiger partial charge is 0.303 e. The molecule has 474 valence electrons. The van der Waals surface area contributed by atoms with E-state index in [2.05, 4.69) is 6.58 Å². The first-order chi connectivity index (χ1) is 42.8. The quantitative estimate of drug-likeness (QED) is 0.0217. The maximum Gasteiger partial charge on any atom is 0.303 e. The van der Waals surface area contributed by atoms with Crippen molar-refractivity contribution >= 4 is 70.5 Å². The molecule has 4 heterocycles. The lowest BCUT2D eigenvalue weighted by Gasteiger charge is -2.52. The van der Waals surface area contributed by atoms with Crippen LogP contribution in [-0.4, -0.2) is 152 Å². The molecular weight excluding hydrogens is 1220 g/mol. The summed E-state index contributed by atoms with van der Waals surface area (Å²) in [4.78, 5) is 83.1. The molecule has 3 fully saturated rings. The first-order valence-electron chi connectivity index (χ1n) is 28.7. The van der Waals surface area contributed by atoms with E-state index in [1.165, 1.54) is 18.2 Å². The van der Waals surface area contributed by atoms with Crippen molar-refractivity contribution in [1.29, 1.82) is 0 Å². The first kappa shape index (κ1) is 66.7. The van der Waals surface area contributed by atoms with Gasteiger partial charge in [-0.05, 0) is 77.7 Å². The van der Waals surface area contributed by atoms with Crippen molar-refractivity contribution in [2.24, 2.45) is 0 Å². The zero-order valence-corrected chi connectivity index (χ0v) is 51.5. The van der Waals surface area contributed by atoms with Crippen molar-refractivity contribution in [1.82, 2.24) is 4.90 Å². The molecule has 5 aromatic rings. The van der Waals surface area contributed by atoms with Crippen LogP contribution in [0.25, 0.3) is 0 Å². The lowest BCUT2D eigenvalue weighted by Crippen LogP contribution is -2.71. The molecule has 21 nitrogen and oxygen atoms in total. The standard InChI is InChI=1S/C65H68Cl3NO20/c1-7-29-77-63-52(69-61(74)48-15-11-12-16-49(48)62(69)75)56(54(50(86-63)34-76-30-41-13-9-8-10-14-41)88-65-60(85-40(6)73)58(84-39(5)72)55(83-38(4)71)51(87-65)35-78-37(3)70)89-64-59(81-33-44-21-27-47(68)28-22-44)57(80-32-43-19-25-46(67)26-20-43)53(36(2)82-64)79-31-42-17-23-45(66)24-18-42/h7-28,36,50-60,63-65H,1,29-35H2,2-6H3/t36-,50+,51+,52+,53+,54+,55-,56+,57+,58-,59-,60+,63+,64-,65-/m0/s1. The van der Waals surface area contributed by atoms with Crippen LogP contribution in [0, 0.1) is 0 Å². The topological polar surface area (TPSA) is 235 Å². The van der Waals surface area contributed by atoms with Crippen molar-refractivity contribution in [3.63, 3.8) is 0 Å². The second-order valence-corrected chi connectivity index (χ2v) is 22.7. The van der Waals surface area contributed by atoms with E-state index >= 15 is 9.59 Å². The number of carbonyl (C=O) groups excluding carboxylic acids is 6. The Morgan fingerprint density at radius 2 is 0.921 bits per heavy atom. The van der Waals surface area contributed by atoms with Gasteiger partial charge in [0.05, 0.1) is 56.9 Å². The summed E-state index contributed by atoms with van der Waals surface area (Å²) in [5.74, 6) is -5.00. The van der Waals surface area contributed by atoms with Gasteiger partial charge in [-0.2, -0.15) is 0 Å². The summed E-state index contributed by atoms with van der Waals surface area (Å²) in [5.41, 5.74) is 3.04. The van der Waals surface area contributed by atoms with Crippen LogP contribution in [0.15, 0.2) is 140 Å². The van der Waals surface area contributed by atoms with Gasteiger partial charge in [-0.25, -0.2) is 0 Å². The van der Waals surface area contributed by atoms with Gasteiger partial charge in [-0.1, -0.05) is 120 Å². The van der Waals surface area contributed by atoms with Crippen LogP contribution in [0.3, 0.4) is 0 Å². The normalized spacial score (nSPS) is 27.5. The van der Waals surface area contributed by atoms with E-state index in [1.54, 1.807) is 79.7 Å². The number of halogens is 3. The Labute approximate surface area is 529 Å². The molecule has 0 aromatic heterocycles. The molecular formula is C65H68Cl3NO20. The Morgan fingerprint density at radius 1 is 0.472 bits per heavy atom. The average Bonchev–Trinajstić information content (AvgIpc) is 1.74. The third-order valence-electron chi connectivity index (χ3n) is 14.8. The molecule has 5 aromatic carbocycles. The van der Waals surface area contributed by atoms with E-state index in [9.17, 15) is 19.2 Å². The maximum atomic E-state index is 15.1. The van der Waals surface area contributed by atoms with Crippen molar-refractivity contribution in [3.05, 3.63) is 188 Å². The van der Waals surface area contributed by atoms with Crippen LogP contribution in [0.1, 0.15) is 77.6 Å². The third-order valence-corrected chi connectivity index (χ3v) is 15.6. The molecule has 0 saturated carbocycles. The van der Waals surface area contributed by atoms with Crippen molar-refractivity contribution < 1.29 is 95.1 Å². The minimum Gasteiger partial charge on any atom is -0.463 e. The molecule has 4 aliphatic heterocycles. The van der Waals surface area contributed by atoms with Crippen LogP contribution >= 0.6 is 34.8 Å². The number of esters is 4. The van der Waals surface area contributed by atoms with Gasteiger partial charge in [-0.3, -0.25) is 33.7 Å². The number of imide groups is 1. The van der Waals surface area contributed by atoms with Crippen LogP contribution < -0.4 is 0 Å². The summed E-state index contributed by atoms with van der Waals surface area (Å²) in [7, 11) is 0. The van der Waals surface area contributed by atoms with Crippen LogP contribution in [-0.2, 0) is 112 Å². The minimum absolute atomic E-state index is 0.00917. The summed E-state index contributed by atoms with van der Waals surface area (Å²) in [6.45, 7) is 8.82. The Kier molecular flexibility index (Phi) is 23.5. The van der Waals surface area contributed by atoms with Gasteiger partial charge in [-0.15, -0.1) is 6.58 Å². The molecule has 3 saturated heterocycles. The molecule has 0 aliphatic carbocycles. The molecule has 15 atom stereocenters. The Hall–Kier alpha value is -6.67. The van der Waals surface area contributed by atoms with Crippen molar-refractivity contribution in [2.45, 2.75) is 153 Å². The lowest BCUT2D eigenvalue weighted by molar-refractivity contribution is -0.382. The molecule has 24 heteroatoms. The van der Waals surface area contributed by atoms with E-state index in [0.29, 0.717) is 20.6 Å². The fourth-order valence-electron chi connectivity index (χ4n) is 10.9. The van der Waals surface area contributed by atoms with Gasteiger partial charge < -0.3 is 66.3 Å². The Morgan fingerprint density at radius 3 is 1.45 bits per heavy atom. The molecule has 2 amide bonds. The average molecular weight is 1290 g/mol. The number of carbonyl (C=O) groups is 6. The molecule has 0 radical (unpaired) electrons. The number of nitrogens with zero attached hydrogens (tertiary/aromatic N) is 1. The molecule has 4 aliphatic rings. The van der Waals surface area contributed by atoms with Gasteiger partial charge >= 0.3 is 23.9 Å². The predicted octanol–water partition coefficient (Wildman–Crippen LogP) is 9.11. The second-order valence-electron chi connectivity index (χ2n) is 21.4. The molecule has 0 spiro atoms. The van der Waals surface area contributed by atoms with Gasteiger partial charge in [0, 0.05) is 42.8 Å². The third kappa shape index (κ3) is 17.2. The maximum absolute atomic E-state index is 15.1. The van der Waals surface area contributed by atoms with Gasteiger partial charge in [0.2, 0.25) is 0 Å². The van der Waals surface area contributed by atoms with E-state index in [4.69, 9.17) is 101 Å². The number of hydrogen-bond donors (Lipinski definition) is 0. The van der Waals surface area contributed by atoms with E-state index in [0.717, 1.165) is 49.3 Å². The summed E-state index contributed by atoms with van der Waals surface area (Å²) in [6, 6.07) is 34.9. The van der Waals surface area contributed by atoms with Gasteiger partial charge in [0.1, 0.15) is 55.4 Å². The second kappa shape index (κ2) is 31.4. The molecule has 9 rings (SSSR count). The van der Waals surface area contributed by atoms with E-state index < -0.39 is 134 Å². The SMILES string of the molecule is C=CCO[C@@H]1O[C@H](COCc2ccccc2)[C@@H](O[C@@H]2O[C@H](COC(C)=O)[C@H](OC(C)=O)[C@H](OC(C)=O)[C@H]2OC(C)=O)[C@H](O[C@@H]2O[C@@H](C)[C@@H](OCc3ccc(Cl)cc3)[C@@H](OCc3ccc(Cl)cc3)[C@@H]2OCc2ccc(Cl)cc2)[C@H]1N1C(=O)c2ccccc2C1=O. The number of fused-ring (bicyclic) bond motifs is 1. The number of hydrogen-bond acceptors (Lipinski definition) is 20. The summed E-state index contributed by atoms with van der Waals surface area (Å²) >= 11 is 19.0. The predicted molar refractivity (Wildman–Crippen MR) is 318 cm³/mol. The highest BCUT2D eigenvalue weighted by Crippen LogP contribution is 2.41. The number of ether oxygens (including phenoxy) is 14. The highest BCUT2D eigenvalue weighted by molar-refractivity contribution is 6.31. The zero-order valence-electron chi connectivity index (χ0n) is 49.3. The van der Waals surface area contributed by atoms with Crippen molar-refractivity contribution in [2.75, 3.05) is 19.8 Å². The first-order valence-corrected chi connectivity index (χ1v) is 29.8. The molecule has 0 bridgehead atoms. The highest BCUT2D eigenvalue weighted by atomic mass is 35.5. The Bertz CT molecular complexity index is 3200. The van der Waals surface area contributed by atoms with Crippen LogP contribution in [0.5, 0.6) is 0 Å². The molecule has 89 heavy (non-hydrogen) atoms. The Balaban J connectivity index is 1.22. The van der Waals surface area contributed by atoms with E-state index in [1.807, 2.05) is 42.5 Å². The highest BCUT2D eigenvalue weighted by Gasteiger charge is 2.61. The molecule has 0 unspecified atom stereocenters. The number of benzene rings is 5. The minimum atomic E-state index is -1.90. The largest absolute Gasteiger partial charge is 0.463 e. The zero-order chi connectivity index (χ0) is 63.3. The van der Waals surface area contributed by atoms with Gasteiger partial charge in [0.15, 0.2) is 37.2 Å². The fraction of sp³-hybridized carbons (Fsp3) is 0.415. The van der Waals surface area contributed by atoms with Crippen molar-refractivity contribution in [3.8, 4) is 0 Å². The number of amides is 2. The lowest BCUT2D eigenvalue weighted by atomic mass is 9.93. The monoisotopic (exact) mass is 1290 g/mol. The van der Waals surface area contributed by atoms with Gasteiger partial charge in [0.25, 0.3) is 11.8 Å². The summed E-state index contributed by atoms with van der Waals surface area (Å²) < 4.78 is 91.6. The number of rotatable bonds is 26. The fourth-order valence-corrected chi connectivity index (χ4v) is 11.2. The van der Waals surface area contributed by atoms with E-state index in [-0.39, 0.29) is 50.8 Å². The molecule has 0 N–H and O–H groups in total. The van der Waals surface area contributed by atoms with Crippen LogP contribution in [0.4, 0.5) is 0 Å². The summed E-state index contributed by atoms with van der Waals surface area (Å²) in [6.07, 6.45) is -19.1. The summed E-state index contributed by atoms with van der Waals surface area (Å²) in [5, 5.41) is 1.50. The van der Waals surface area contributed by atoms with Crippen LogP contribution in [0.2, 0.25) is 15.1 Å².